The van der Waals surface area contributed by atoms with E-state index in [1.165, 1.54) is 18.6 Å². The monoisotopic (exact) mass is 384 g/mol. The number of rotatable bonds is 4. The number of carbonyl (C=O) groups is 2. The molecule has 5 nitrogen and oxygen atoms in total. The van der Waals surface area contributed by atoms with Gasteiger partial charge in [0.15, 0.2) is 0 Å². The Labute approximate surface area is 129 Å². The van der Waals surface area contributed by atoms with Crippen LogP contribution in [0.4, 0.5) is 5.69 Å². The first-order valence-electron chi connectivity index (χ1n) is 5.92. The fourth-order valence-electron chi connectivity index (χ4n) is 1.53. The van der Waals surface area contributed by atoms with Crippen LogP contribution < -0.4 is 10.6 Å². The summed E-state index contributed by atoms with van der Waals surface area (Å²) >= 11 is 2.20. The second-order valence-electron chi connectivity index (χ2n) is 4.21. The van der Waals surface area contributed by atoms with Crippen molar-refractivity contribution in [1.29, 1.82) is 0 Å². The molecule has 0 aliphatic carbocycles. The Bertz CT molecular complexity index is 623. The van der Waals surface area contributed by atoms with Gasteiger partial charge in [-0.15, -0.1) is 0 Å². The van der Waals surface area contributed by atoms with E-state index in [9.17, 15) is 9.59 Å². The van der Waals surface area contributed by atoms with Gasteiger partial charge in [0.2, 0.25) is 5.91 Å². The van der Waals surface area contributed by atoms with Crippen LogP contribution in [0.15, 0.2) is 41.2 Å². The molecule has 0 spiro atoms. The first-order chi connectivity index (χ1) is 9.56. The van der Waals surface area contributed by atoms with Gasteiger partial charge in [-0.05, 0) is 53.3 Å². The molecule has 2 N–H and O–H groups in total. The van der Waals surface area contributed by atoms with E-state index in [0.29, 0.717) is 11.3 Å². The maximum atomic E-state index is 11.7. The van der Waals surface area contributed by atoms with E-state index in [0.717, 1.165) is 9.13 Å². The summed E-state index contributed by atoms with van der Waals surface area (Å²) in [6, 6.07) is 7.18. The van der Waals surface area contributed by atoms with Crippen molar-refractivity contribution >= 4 is 40.1 Å². The molecule has 0 fully saturated rings. The lowest BCUT2D eigenvalue weighted by Gasteiger charge is -2.07. The molecule has 0 saturated carbocycles. The molecule has 104 valence electrons. The van der Waals surface area contributed by atoms with E-state index in [1.54, 1.807) is 0 Å². The molecular weight excluding hydrogens is 371 g/mol. The number of hydrogen-bond acceptors (Lipinski definition) is 3. The van der Waals surface area contributed by atoms with E-state index in [-0.39, 0.29) is 18.4 Å². The van der Waals surface area contributed by atoms with Crippen LogP contribution in [-0.4, -0.2) is 18.4 Å². The van der Waals surface area contributed by atoms with Gasteiger partial charge in [-0.2, -0.15) is 0 Å². The van der Waals surface area contributed by atoms with E-state index < -0.39 is 0 Å². The third kappa shape index (κ3) is 3.83. The lowest BCUT2D eigenvalue weighted by atomic mass is 10.2. The number of carbonyl (C=O) groups excluding carboxylic acids is 2. The molecule has 0 aliphatic rings. The van der Waals surface area contributed by atoms with Crippen LogP contribution in [0.1, 0.15) is 15.9 Å². The van der Waals surface area contributed by atoms with Crippen molar-refractivity contribution in [2.24, 2.45) is 0 Å². The van der Waals surface area contributed by atoms with Crippen LogP contribution in [0.3, 0.4) is 0 Å². The highest BCUT2D eigenvalue weighted by Crippen LogP contribution is 2.16. The van der Waals surface area contributed by atoms with Crippen LogP contribution in [0.5, 0.6) is 0 Å². The molecule has 6 heteroatoms. The predicted molar refractivity (Wildman–Crippen MR) is 83.6 cm³/mol. The van der Waals surface area contributed by atoms with Crippen molar-refractivity contribution in [2.45, 2.75) is 6.92 Å². The van der Waals surface area contributed by atoms with Gasteiger partial charge in [-0.1, -0.05) is 6.07 Å². The second-order valence-corrected chi connectivity index (χ2v) is 5.37. The average molecular weight is 384 g/mol. The molecule has 0 aliphatic heterocycles. The van der Waals surface area contributed by atoms with E-state index >= 15 is 0 Å². The normalized spacial score (nSPS) is 10.1. The Balaban J connectivity index is 1.86. The Hall–Kier alpha value is -1.83. The zero-order valence-electron chi connectivity index (χ0n) is 10.8. The van der Waals surface area contributed by atoms with Gasteiger partial charge in [-0.3, -0.25) is 9.59 Å². The lowest BCUT2D eigenvalue weighted by molar-refractivity contribution is -0.115. The third-order valence-corrected chi connectivity index (χ3v) is 3.81. The zero-order valence-corrected chi connectivity index (χ0v) is 12.9. The number of nitrogens with one attached hydrogen (secondary N) is 2. The minimum atomic E-state index is -0.340. The third-order valence-electron chi connectivity index (χ3n) is 2.65. The van der Waals surface area contributed by atoms with Gasteiger partial charge in [0, 0.05) is 9.26 Å². The molecule has 0 atom stereocenters. The summed E-state index contributed by atoms with van der Waals surface area (Å²) in [4.78, 5) is 23.3. The standard InChI is InChI=1S/C14H13IN2O3/c1-9-2-3-11(6-12(9)15)17-13(18)7-16-14(19)10-4-5-20-8-10/h2-6,8H,7H2,1H3,(H,16,19)(H,17,18). The number of furan rings is 1. The van der Waals surface area contributed by atoms with Crippen LogP contribution >= 0.6 is 22.6 Å². The molecule has 0 unspecified atom stereocenters. The summed E-state index contributed by atoms with van der Waals surface area (Å²) in [7, 11) is 0. The number of benzene rings is 1. The quantitative estimate of drug-likeness (QED) is 0.797. The fraction of sp³-hybridized carbons (Fsp3) is 0.143. The molecule has 1 aromatic carbocycles. The molecular formula is C14H13IN2O3. The Morgan fingerprint density at radius 1 is 1.30 bits per heavy atom. The molecule has 2 aromatic rings. The first-order valence-corrected chi connectivity index (χ1v) is 7.00. The summed E-state index contributed by atoms with van der Waals surface area (Å²) < 4.78 is 5.87. The van der Waals surface area contributed by atoms with E-state index in [2.05, 4.69) is 33.2 Å². The molecule has 2 rings (SSSR count). The highest BCUT2D eigenvalue weighted by molar-refractivity contribution is 14.1. The van der Waals surface area contributed by atoms with E-state index in [4.69, 9.17) is 4.42 Å². The largest absolute Gasteiger partial charge is 0.472 e. The molecule has 0 saturated heterocycles. The van der Waals surface area contributed by atoms with Crippen molar-refractivity contribution in [3.8, 4) is 0 Å². The Kier molecular flexibility index (Phi) is 4.78. The van der Waals surface area contributed by atoms with Gasteiger partial charge < -0.3 is 15.1 Å². The van der Waals surface area contributed by atoms with Crippen LogP contribution in [0.2, 0.25) is 0 Å². The van der Waals surface area contributed by atoms with Crippen molar-refractivity contribution in [3.63, 3.8) is 0 Å². The molecule has 1 heterocycles. The summed E-state index contributed by atoms with van der Waals surface area (Å²) in [5.41, 5.74) is 2.25. The smallest absolute Gasteiger partial charge is 0.254 e. The predicted octanol–water partition coefficient (Wildman–Crippen LogP) is 2.56. The molecule has 0 radical (unpaired) electrons. The molecule has 0 bridgehead atoms. The van der Waals surface area contributed by atoms with Crippen molar-refractivity contribution in [3.05, 3.63) is 51.5 Å². The average Bonchev–Trinajstić information content (AvgIpc) is 2.94. The van der Waals surface area contributed by atoms with Gasteiger partial charge in [0.25, 0.3) is 5.91 Å². The Morgan fingerprint density at radius 2 is 2.10 bits per heavy atom. The Morgan fingerprint density at radius 3 is 2.75 bits per heavy atom. The topological polar surface area (TPSA) is 71.3 Å². The van der Waals surface area contributed by atoms with Crippen LogP contribution in [0, 0.1) is 10.5 Å². The minimum Gasteiger partial charge on any atom is -0.472 e. The summed E-state index contributed by atoms with van der Waals surface area (Å²) in [6.45, 7) is 1.91. The van der Waals surface area contributed by atoms with Crippen molar-refractivity contribution in [1.82, 2.24) is 5.32 Å². The number of hydrogen-bond donors (Lipinski definition) is 2. The SMILES string of the molecule is Cc1ccc(NC(=O)CNC(=O)c2ccoc2)cc1I. The highest BCUT2D eigenvalue weighted by atomic mass is 127. The molecule has 1 aromatic heterocycles. The van der Waals surface area contributed by atoms with Gasteiger partial charge in [0.05, 0.1) is 18.4 Å². The van der Waals surface area contributed by atoms with Gasteiger partial charge >= 0.3 is 0 Å². The van der Waals surface area contributed by atoms with E-state index in [1.807, 2.05) is 25.1 Å². The van der Waals surface area contributed by atoms with Crippen LogP contribution in [0.25, 0.3) is 0 Å². The van der Waals surface area contributed by atoms with Gasteiger partial charge in [0.1, 0.15) is 6.26 Å². The second kappa shape index (κ2) is 6.56. The highest BCUT2D eigenvalue weighted by Gasteiger charge is 2.09. The maximum Gasteiger partial charge on any atom is 0.254 e. The minimum absolute atomic E-state index is 0.0888. The summed E-state index contributed by atoms with van der Waals surface area (Å²) in [5.74, 6) is -0.617. The summed E-state index contributed by atoms with van der Waals surface area (Å²) in [6.07, 6.45) is 2.73. The van der Waals surface area contributed by atoms with Crippen molar-refractivity contribution < 1.29 is 14.0 Å². The maximum absolute atomic E-state index is 11.7. The molecule has 2 amide bonds. The fourth-order valence-corrected chi connectivity index (χ4v) is 2.05. The number of amides is 2. The first kappa shape index (κ1) is 14.6. The van der Waals surface area contributed by atoms with Crippen LogP contribution in [-0.2, 0) is 4.79 Å². The number of anilines is 1. The lowest BCUT2D eigenvalue weighted by Crippen LogP contribution is -2.32. The number of aryl methyl sites for hydroxylation is 1. The molecule has 20 heavy (non-hydrogen) atoms. The van der Waals surface area contributed by atoms with Gasteiger partial charge in [-0.25, -0.2) is 0 Å². The summed E-state index contributed by atoms with van der Waals surface area (Å²) in [5, 5.41) is 5.25. The number of halogens is 1. The zero-order chi connectivity index (χ0) is 14.5. The van der Waals surface area contributed by atoms with Crippen molar-refractivity contribution in [2.75, 3.05) is 11.9 Å².